The summed E-state index contributed by atoms with van der Waals surface area (Å²) in [6, 6.07) is 6.62. The summed E-state index contributed by atoms with van der Waals surface area (Å²) in [7, 11) is 0. The van der Waals surface area contributed by atoms with Gasteiger partial charge in [-0.3, -0.25) is 14.4 Å². The molecule has 2 unspecified atom stereocenters. The zero-order chi connectivity index (χ0) is 18.6. The Hall–Kier alpha value is -2.37. The Morgan fingerprint density at radius 3 is 2.16 bits per heavy atom. The molecule has 1 heterocycles. The molecule has 0 radical (unpaired) electrons. The zero-order valence-electron chi connectivity index (χ0n) is 15.1. The average Bonchev–Trinajstić information content (AvgIpc) is 2.61. The van der Waals surface area contributed by atoms with E-state index in [1.807, 2.05) is 20.8 Å². The third kappa shape index (κ3) is 4.38. The maximum Gasteiger partial charge on any atom is 0.308 e. The molecule has 1 fully saturated rings. The molecule has 1 aliphatic rings. The number of rotatable bonds is 5. The summed E-state index contributed by atoms with van der Waals surface area (Å²) in [6.07, 6.45) is 0.594. The van der Waals surface area contributed by atoms with Gasteiger partial charge in [-0.05, 0) is 50.5 Å². The van der Waals surface area contributed by atoms with Crippen molar-refractivity contribution in [2.45, 2.75) is 27.2 Å². The summed E-state index contributed by atoms with van der Waals surface area (Å²) in [5.74, 6) is -1.45. The number of benzene rings is 1. The molecule has 1 aromatic carbocycles. The maximum atomic E-state index is 12.7. The number of hydrogen-bond acceptors (Lipinski definition) is 3. The molecule has 0 aromatic heterocycles. The van der Waals surface area contributed by atoms with Gasteiger partial charge >= 0.3 is 5.97 Å². The van der Waals surface area contributed by atoms with Gasteiger partial charge in [0, 0.05) is 37.3 Å². The van der Waals surface area contributed by atoms with Crippen LogP contribution in [0, 0.1) is 11.8 Å². The van der Waals surface area contributed by atoms with Gasteiger partial charge in [0.1, 0.15) is 0 Å². The molecule has 1 aromatic rings. The van der Waals surface area contributed by atoms with E-state index in [0.717, 1.165) is 0 Å². The lowest BCUT2D eigenvalue weighted by atomic mass is 9.90. The number of carboxylic acids is 1. The zero-order valence-corrected chi connectivity index (χ0v) is 15.1. The lowest BCUT2D eigenvalue weighted by molar-refractivity contribution is -0.143. The molecule has 2 amide bonds. The molecule has 25 heavy (non-hydrogen) atoms. The highest BCUT2D eigenvalue weighted by Crippen LogP contribution is 2.23. The fourth-order valence-corrected chi connectivity index (χ4v) is 3.33. The number of aliphatic carboxylic acids is 1. The third-order valence-electron chi connectivity index (χ3n) is 4.73. The predicted octanol–water partition coefficient (Wildman–Crippen LogP) is 2.35. The van der Waals surface area contributed by atoms with Gasteiger partial charge in [0.2, 0.25) is 0 Å². The van der Waals surface area contributed by atoms with Crippen molar-refractivity contribution in [1.29, 1.82) is 0 Å². The molecule has 1 aliphatic heterocycles. The lowest BCUT2D eigenvalue weighted by Gasteiger charge is -2.34. The first-order valence-corrected chi connectivity index (χ1v) is 8.78. The Bertz CT molecular complexity index is 637. The van der Waals surface area contributed by atoms with Crippen LogP contribution in [0.25, 0.3) is 0 Å². The highest BCUT2D eigenvalue weighted by molar-refractivity contribution is 5.98. The SMILES string of the molecule is CCN(CC)C(=O)c1ccc(C(=O)N2CC(C)CC(C(=O)O)C2)cc1. The van der Waals surface area contributed by atoms with Crippen molar-refractivity contribution in [2.24, 2.45) is 11.8 Å². The van der Waals surface area contributed by atoms with Crippen LogP contribution in [0.5, 0.6) is 0 Å². The summed E-state index contributed by atoms with van der Waals surface area (Å²) >= 11 is 0. The third-order valence-corrected chi connectivity index (χ3v) is 4.73. The molecule has 0 saturated carbocycles. The molecule has 0 spiro atoms. The largest absolute Gasteiger partial charge is 0.481 e. The monoisotopic (exact) mass is 346 g/mol. The number of carbonyl (C=O) groups is 3. The summed E-state index contributed by atoms with van der Waals surface area (Å²) in [5, 5.41) is 9.24. The van der Waals surface area contributed by atoms with Crippen LogP contribution in [-0.2, 0) is 4.79 Å². The van der Waals surface area contributed by atoms with Crippen LogP contribution in [0.4, 0.5) is 0 Å². The minimum Gasteiger partial charge on any atom is -0.481 e. The van der Waals surface area contributed by atoms with E-state index in [-0.39, 0.29) is 24.3 Å². The summed E-state index contributed by atoms with van der Waals surface area (Å²) in [5.41, 5.74) is 1.03. The molecule has 0 aliphatic carbocycles. The molecule has 1 saturated heterocycles. The number of carboxylic acid groups (broad SMARTS) is 1. The molecule has 6 heteroatoms. The quantitative estimate of drug-likeness (QED) is 0.888. The number of likely N-dealkylation sites (tertiary alicyclic amines) is 1. The van der Waals surface area contributed by atoms with Crippen molar-refractivity contribution in [2.75, 3.05) is 26.2 Å². The van der Waals surface area contributed by atoms with E-state index in [4.69, 9.17) is 0 Å². The van der Waals surface area contributed by atoms with Gasteiger partial charge in [-0.25, -0.2) is 0 Å². The molecule has 1 N–H and O–H groups in total. The van der Waals surface area contributed by atoms with Crippen LogP contribution in [0.2, 0.25) is 0 Å². The lowest BCUT2D eigenvalue weighted by Crippen LogP contribution is -2.45. The molecule has 2 rings (SSSR count). The molecule has 0 bridgehead atoms. The first-order valence-electron chi connectivity index (χ1n) is 8.78. The average molecular weight is 346 g/mol. The fraction of sp³-hybridized carbons (Fsp3) is 0.526. The Morgan fingerprint density at radius 2 is 1.64 bits per heavy atom. The van der Waals surface area contributed by atoms with Crippen molar-refractivity contribution >= 4 is 17.8 Å². The van der Waals surface area contributed by atoms with Crippen molar-refractivity contribution in [1.82, 2.24) is 9.80 Å². The van der Waals surface area contributed by atoms with Crippen LogP contribution in [0.3, 0.4) is 0 Å². The first kappa shape index (κ1) is 19.0. The minimum absolute atomic E-state index is 0.0541. The topological polar surface area (TPSA) is 77.9 Å². The van der Waals surface area contributed by atoms with Crippen LogP contribution < -0.4 is 0 Å². The van der Waals surface area contributed by atoms with Crippen molar-refractivity contribution < 1.29 is 19.5 Å². The normalized spacial score (nSPS) is 20.2. The van der Waals surface area contributed by atoms with Crippen molar-refractivity contribution in [3.8, 4) is 0 Å². The number of carbonyl (C=O) groups excluding carboxylic acids is 2. The van der Waals surface area contributed by atoms with Gasteiger partial charge in [-0.15, -0.1) is 0 Å². The summed E-state index contributed by atoms with van der Waals surface area (Å²) < 4.78 is 0. The van der Waals surface area contributed by atoms with Gasteiger partial charge in [0.05, 0.1) is 5.92 Å². The predicted molar refractivity (Wildman–Crippen MR) is 94.5 cm³/mol. The minimum atomic E-state index is -0.857. The number of amides is 2. The van der Waals surface area contributed by atoms with E-state index < -0.39 is 11.9 Å². The van der Waals surface area contributed by atoms with Crippen LogP contribution in [0.1, 0.15) is 47.9 Å². The standard InChI is InChI=1S/C19H26N2O4/c1-4-20(5-2)17(22)14-6-8-15(9-7-14)18(23)21-11-13(3)10-16(12-21)19(24)25/h6-9,13,16H,4-5,10-12H2,1-3H3,(H,24,25). The van der Waals surface area contributed by atoms with Gasteiger partial charge in [0.15, 0.2) is 0 Å². The Labute approximate surface area is 148 Å². The molecular formula is C19H26N2O4. The van der Waals surface area contributed by atoms with Gasteiger partial charge in [-0.1, -0.05) is 6.92 Å². The summed E-state index contributed by atoms with van der Waals surface area (Å²) in [6.45, 7) is 7.88. The first-order chi connectivity index (χ1) is 11.9. The van der Waals surface area contributed by atoms with Crippen LogP contribution >= 0.6 is 0 Å². The van der Waals surface area contributed by atoms with Crippen molar-refractivity contribution in [3.63, 3.8) is 0 Å². The van der Waals surface area contributed by atoms with Crippen LogP contribution in [-0.4, -0.2) is 58.9 Å². The summed E-state index contributed by atoms with van der Waals surface area (Å²) in [4.78, 5) is 39.6. The van der Waals surface area contributed by atoms with E-state index in [2.05, 4.69) is 0 Å². The Balaban J connectivity index is 2.12. The van der Waals surface area contributed by atoms with E-state index in [1.54, 1.807) is 34.1 Å². The van der Waals surface area contributed by atoms with E-state index in [1.165, 1.54) is 0 Å². The second kappa shape index (κ2) is 8.14. The molecule has 6 nitrogen and oxygen atoms in total. The Morgan fingerprint density at radius 1 is 1.08 bits per heavy atom. The van der Waals surface area contributed by atoms with Gasteiger partial charge in [0.25, 0.3) is 11.8 Å². The number of nitrogens with zero attached hydrogens (tertiary/aromatic N) is 2. The van der Waals surface area contributed by atoms with E-state index in [0.29, 0.717) is 37.2 Å². The van der Waals surface area contributed by atoms with Crippen LogP contribution in [0.15, 0.2) is 24.3 Å². The van der Waals surface area contributed by atoms with E-state index >= 15 is 0 Å². The number of piperidine rings is 1. The van der Waals surface area contributed by atoms with Gasteiger partial charge < -0.3 is 14.9 Å². The number of hydrogen-bond donors (Lipinski definition) is 1. The van der Waals surface area contributed by atoms with Gasteiger partial charge in [-0.2, -0.15) is 0 Å². The second-order valence-corrected chi connectivity index (χ2v) is 6.64. The smallest absolute Gasteiger partial charge is 0.308 e. The maximum absolute atomic E-state index is 12.7. The van der Waals surface area contributed by atoms with Crippen molar-refractivity contribution in [3.05, 3.63) is 35.4 Å². The molecule has 136 valence electrons. The Kier molecular flexibility index (Phi) is 6.17. The molecular weight excluding hydrogens is 320 g/mol. The fourth-order valence-electron chi connectivity index (χ4n) is 3.33. The highest BCUT2D eigenvalue weighted by Gasteiger charge is 2.32. The highest BCUT2D eigenvalue weighted by atomic mass is 16.4. The second-order valence-electron chi connectivity index (χ2n) is 6.64. The molecule has 2 atom stereocenters. The van der Waals surface area contributed by atoms with E-state index in [9.17, 15) is 19.5 Å².